The highest BCUT2D eigenvalue weighted by molar-refractivity contribution is 6.32. The maximum atomic E-state index is 12.1. The van der Waals surface area contributed by atoms with Crippen LogP contribution in [0.25, 0.3) is 0 Å². The fraction of sp³-hybridized carbons (Fsp3) is 0.188. The van der Waals surface area contributed by atoms with Gasteiger partial charge < -0.3 is 4.74 Å². The van der Waals surface area contributed by atoms with Crippen molar-refractivity contribution in [2.45, 2.75) is 20.0 Å². The molecule has 0 spiro atoms. The Kier molecular flexibility index (Phi) is 6.07. The second-order valence-electron chi connectivity index (χ2n) is 5.39. The molecule has 0 aliphatic carbocycles. The van der Waals surface area contributed by atoms with Crippen molar-refractivity contribution in [1.82, 2.24) is 15.8 Å². The lowest BCUT2D eigenvalue weighted by atomic mass is 10.2. The van der Waals surface area contributed by atoms with E-state index in [9.17, 15) is 19.7 Å². The van der Waals surface area contributed by atoms with Gasteiger partial charge in [0, 0.05) is 23.9 Å². The minimum atomic E-state index is -0.708. The lowest BCUT2D eigenvalue weighted by Gasteiger charge is -2.11. The molecule has 2 amide bonds. The van der Waals surface area contributed by atoms with E-state index in [0.717, 1.165) is 6.07 Å². The largest absolute Gasteiger partial charge is 0.474 e. The van der Waals surface area contributed by atoms with Crippen LogP contribution in [-0.4, -0.2) is 27.8 Å². The predicted molar refractivity (Wildman–Crippen MR) is 93.0 cm³/mol. The Bertz CT molecular complexity index is 856. The number of nitrogens with one attached hydrogen (secondary N) is 2. The molecule has 1 aromatic carbocycles. The summed E-state index contributed by atoms with van der Waals surface area (Å²) in [7, 11) is 0. The Hall–Kier alpha value is -3.20. The Balaban J connectivity index is 2.02. The lowest BCUT2D eigenvalue weighted by Crippen LogP contribution is -2.41. The van der Waals surface area contributed by atoms with Crippen LogP contribution in [0.15, 0.2) is 36.5 Å². The first kappa shape index (κ1) is 19.1. The summed E-state index contributed by atoms with van der Waals surface area (Å²) in [5.74, 6) is -1.17. The fourth-order valence-electron chi connectivity index (χ4n) is 1.88. The van der Waals surface area contributed by atoms with Crippen LogP contribution in [0.4, 0.5) is 5.69 Å². The summed E-state index contributed by atoms with van der Waals surface area (Å²) in [6.45, 7) is 3.62. The highest BCUT2D eigenvalue weighted by Crippen LogP contribution is 2.23. The number of ether oxygens (including phenoxy) is 1. The summed E-state index contributed by atoms with van der Waals surface area (Å²) in [5, 5.41) is 10.9. The number of hydrogen-bond acceptors (Lipinski definition) is 6. The number of non-ortho nitro benzene ring substituents is 1. The molecule has 0 atom stereocenters. The number of halogens is 1. The monoisotopic (exact) mass is 378 g/mol. The van der Waals surface area contributed by atoms with Gasteiger partial charge in [-0.3, -0.25) is 30.6 Å². The third-order valence-electron chi connectivity index (χ3n) is 3.03. The van der Waals surface area contributed by atoms with Crippen LogP contribution in [0.2, 0.25) is 5.02 Å². The number of aromatic nitrogens is 1. The number of carbonyl (C=O) groups excluding carboxylic acids is 2. The van der Waals surface area contributed by atoms with Crippen LogP contribution in [0.3, 0.4) is 0 Å². The van der Waals surface area contributed by atoms with Gasteiger partial charge in [0.05, 0.1) is 16.6 Å². The van der Waals surface area contributed by atoms with E-state index >= 15 is 0 Å². The first-order valence-electron chi connectivity index (χ1n) is 7.45. The molecule has 0 fully saturated rings. The number of nitro groups is 1. The van der Waals surface area contributed by atoms with E-state index in [1.807, 2.05) is 13.8 Å². The summed E-state index contributed by atoms with van der Waals surface area (Å²) >= 11 is 6.00. The van der Waals surface area contributed by atoms with E-state index in [-0.39, 0.29) is 33.8 Å². The highest BCUT2D eigenvalue weighted by atomic mass is 35.5. The molecule has 0 saturated carbocycles. The number of pyridine rings is 1. The van der Waals surface area contributed by atoms with Crippen molar-refractivity contribution in [3.8, 4) is 5.88 Å². The molecule has 2 rings (SSSR count). The molecule has 0 bridgehead atoms. The van der Waals surface area contributed by atoms with E-state index in [0.29, 0.717) is 0 Å². The summed E-state index contributed by atoms with van der Waals surface area (Å²) in [6.07, 6.45) is 1.12. The van der Waals surface area contributed by atoms with E-state index in [1.54, 1.807) is 0 Å². The quantitative estimate of drug-likeness (QED) is 0.608. The molecule has 10 heteroatoms. The average molecular weight is 379 g/mol. The Morgan fingerprint density at radius 1 is 1.19 bits per heavy atom. The molecule has 0 saturated heterocycles. The van der Waals surface area contributed by atoms with Crippen molar-refractivity contribution < 1.29 is 19.2 Å². The van der Waals surface area contributed by atoms with Gasteiger partial charge in [0.1, 0.15) is 5.02 Å². The number of rotatable bonds is 5. The van der Waals surface area contributed by atoms with Gasteiger partial charge in [0.15, 0.2) is 0 Å². The van der Waals surface area contributed by atoms with Crippen LogP contribution in [-0.2, 0) is 0 Å². The molecule has 0 aliphatic heterocycles. The molecule has 0 unspecified atom stereocenters. The van der Waals surface area contributed by atoms with Crippen molar-refractivity contribution in [2.24, 2.45) is 0 Å². The maximum absolute atomic E-state index is 12.1. The van der Waals surface area contributed by atoms with Gasteiger partial charge in [0.2, 0.25) is 5.88 Å². The number of amides is 2. The summed E-state index contributed by atoms with van der Waals surface area (Å²) in [4.78, 5) is 38.1. The second-order valence-corrected chi connectivity index (χ2v) is 5.80. The van der Waals surface area contributed by atoms with E-state index in [1.165, 1.54) is 30.5 Å². The van der Waals surface area contributed by atoms with Gasteiger partial charge >= 0.3 is 0 Å². The van der Waals surface area contributed by atoms with Crippen LogP contribution >= 0.6 is 11.6 Å². The third-order valence-corrected chi connectivity index (χ3v) is 3.30. The zero-order valence-corrected chi connectivity index (χ0v) is 14.6. The minimum absolute atomic E-state index is 0.0244. The Labute approximate surface area is 153 Å². The van der Waals surface area contributed by atoms with Crippen molar-refractivity contribution >= 4 is 29.1 Å². The molecule has 2 aromatic rings. The first-order valence-corrected chi connectivity index (χ1v) is 7.83. The van der Waals surface area contributed by atoms with E-state index in [4.69, 9.17) is 16.3 Å². The smallest absolute Gasteiger partial charge is 0.271 e. The predicted octanol–water partition coefficient (Wildman–Crippen LogP) is 2.51. The van der Waals surface area contributed by atoms with Crippen LogP contribution < -0.4 is 15.6 Å². The van der Waals surface area contributed by atoms with Gasteiger partial charge in [0.25, 0.3) is 17.5 Å². The minimum Gasteiger partial charge on any atom is -0.474 e. The fourth-order valence-corrected chi connectivity index (χ4v) is 2.09. The van der Waals surface area contributed by atoms with E-state index < -0.39 is 16.7 Å². The molecule has 9 nitrogen and oxygen atoms in total. The van der Waals surface area contributed by atoms with Gasteiger partial charge in [-0.1, -0.05) is 17.7 Å². The summed E-state index contributed by atoms with van der Waals surface area (Å²) < 4.78 is 5.37. The van der Waals surface area contributed by atoms with Gasteiger partial charge in [-0.25, -0.2) is 4.98 Å². The SMILES string of the molecule is CC(C)Oc1ncc(C(=O)NNC(=O)c2cccc([N+](=O)[O-])c2)cc1Cl. The molecule has 26 heavy (non-hydrogen) atoms. The summed E-state index contributed by atoms with van der Waals surface area (Å²) in [6, 6.07) is 6.44. The molecule has 0 aliphatic rings. The van der Waals surface area contributed by atoms with Gasteiger partial charge in [-0.2, -0.15) is 0 Å². The van der Waals surface area contributed by atoms with Crippen LogP contribution in [0, 0.1) is 10.1 Å². The molecular formula is C16H15ClN4O5. The van der Waals surface area contributed by atoms with Crippen LogP contribution in [0.5, 0.6) is 5.88 Å². The normalized spacial score (nSPS) is 10.3. The second kappa shape index (κ2) is 8.26. The third kappa shape index (κ3) is 4.90. The maximum Gasteiger partial charge on any atom is 0.271 e. The molecule has 1 heterocycles. The number of hydrogen-bond donors (Lipinski definition) is 2. The average Bonchev–Trinajstić information content (AvgIpc) is 2.60. The number of hydrazine groups is 1. The molecular weight excluding hydrogens is 364 g/mol. The standard InChI is InChI=1S/C16H15ClN4O5/c1-9(2)26-16-13(17)7-11(8-18-16)15(23)20-19-14(22)10-4-3-5-12(6-10)21(24)25/h3-9H,1-2H3,(H,19,22)(H,20,23). The molecule has 2 N–H and O–H groups in total. The molecule has 0 radical (unpaired) electrons. The topological polar surface area (TPSA) is 123 Å². The lowest BCUT2D eigenvalue weighted by molar-refractivity contribution is -0.384. The number of nitro benzene ring substituents is 1. The number of nitrogens with zero attached hydrogens (tertiary/aromatic N) is 2. The first-order chi connectivity index (χ1) is 12.3. The van der Waals surface area contributed by atoms with Gasteiger partial charge in [-0.05, 0) is 26.0 Å². The highest BCUT2D eigenvalue weighted by Gasteiger charge is 2.15. The molecule has 1 aromatic heterocycles. The van der Waals surface area contributed by atoms with Crippen molar-refractivity contribution in [3.05, 3.63) is 62.8 Å². The van der Waals surface area contributed by atoms with Gasteiger partial charge in [-0.15, -0.1) is 0 Å². The van der Waals surface area contributed by atoms with Crippen molar-refractivity contribution in [2.75, 3.05) is 0 Å². The number of carbonyl (C=O) groups is 2. The Morgan fingerprint density at radius 3 is 2.42 bits per heavy atom. The van der Waals surface area contributed by atoms with E-state index in [2.05, 4.69) is 15.8 Å². The summed E-state index contributed by atoms with van der Waals surface area (Å²) in [5.41, 5.74) is 4.24. The zero-order valence-electron chi connectivity index (χ0n) is 13.9. The Morgan fingerprint density at radius 2 is 1.85 bits per heavy atom. The zero-order chi connectivity index (χ0) is 19.3. The molecule has 136 valence electrons. The number of benzene rings is 1. The van der Waals surface area contributed by atoms with Crippen molar-refractivity contribution in [3.63, 3.8) is 0 Å². The van der Waals surface area contributed by atoms with Crippen LogP contribution in [0.1, 0.15) is 34.6 Å². The van der Waals surface area contributed by atoms with Crippen molar-refractivity contribution in [1.29, 1.82) is 0 Å².